The second-order valence-corrected chi connectivity index (χ2v) is 7.34. The molecule has 1 aromatic heterocycles. The van der Waals surface area contributed by atoms with Crippen LogP contribution in [0.25, 0.3) is 11.3 Å². The van der Waals surface area contributed by atoms with Crippen molar-refractivity contribution in [3.63, 3.8) is 0 Å². The van der Waals surface area contributed by atoms with E-state index in [4.69, 9.17) is 9.72 Å². The standard InChI is InChI=1S/C22H25N3O2S/c1-16(26)23-13-5-6-17-9-11-18(12-10-17)20-15-28-22(25-20)24-14-19-7-3-4-8-21(19)27-2/h3-4,7-12,15H,5-6,13-14H2,1-2H3,(H,23,26)(H,24,25). The van der Waals surface area contributed by atoms with Gasteiger partial charge in [-0.1, -0.05) is 42.5 Å². The van der Waals surface area contributed by atoms with Gasteiger partial charge in [0.2, 0.25) is 5.91 Å². The Kier molecular flexibility index (Phi) is 7.03. The maximum atomic E-state index is 10.9. The second-order valence-electron chi connectivity index (χ2n) is 6.49. The van der Waals surface area contributed by atoms with Crippen molar-refractivity contribution in [2.75, 3.05) is 19.0 Å². The van der Waals surface area contributed by atoms with Crippen LogP contribution in [0.4, 0.5) is 5.13 Å². The molecule has 2 N–H and O–H groups in total. The van der Waals surface area contributed by atoms with Crippen LogP contribution in [0, 0.1) is 0 Å². The molecule has 1 amide bonds. The molecule has 0 atom stereocenters. The number of benzene rings is 2. The van der Waals surface area contributed by atoms with Gasteiger partial charge in [0.25, 0.3) is 0 Å². The molecule has 0 saturated heterocycles. The van der Waals surface area contributed by atoms with E-state index in [1.165, 1.54) is 5.56 Å². The molecule has 28 heavy (non-hydrogen) atoms. The molecule has 3 aromatic rings. The number of carbonyl (C=O) groups excluding carboxylic acids is 1. The first-order chi connectivity index (χ1) is 13.7. The van der Waals surface area contributed by atoms with Gasteiger partial charge in [0, 0.05) is 36.5 Å². The summed E-state index contributed by atoms with van der Waals surface area (Å²) in [7, 11) is 1.68. The fourth-order valence-electron chi connectivity index (χ4n) is 2.91. The number of aromatic nitrogens is 1. The third-order valence-corrected chi connectivity index (χ3v) is 5.19. The fraction of sp³-hybridized carbons (Fsp3) is 0.273. The number of rotatable bonds is 9. The van der Waals surface area contributed by atoms with Crippen molar-refractivity contribution in [2.45, 2.75) is 26.3 Å². The van der Waals surface area contributed by atoms with E-state index >= 15 is 0 Å². The highest BCUT2D eigenvalue weighted by atomic mass is 32.1. The zero-order valence-corrected chi connectivity index (χ0v) is 17.0. The highest BCUT2D eigenvalue weighted by Crippen LogP contribution is 2.26. The van der Waals surface area contributed by atoms with Crippen molar-refractivity contribution in [3.8, 4) is 17.0 Å². The molecule has 146 valence electrons. The molecule has 6 heteroatoms. The van der Waals surface area contributed by atoms with Crippen molar-refractivity contribution in [1.82, 2.24) is 10.3 Å². The van der Waals surface area contributed by atoms with Crippen LogP contribution >= 0.6 is 11.3 Å². The van der Waals surface area contributed by atoms with Gasteiger partial charge in [-0.25, -0.2) is 4.98 Å². The van der Waals surface area contributed by atoms with E-state index in [1.807, 2.05) is 24.3 Å². The van der Waals surface area contributed by atoms with E-state index in [1.54, 1.807) is 25.4 Å². The first kappa shape index (κ1) is 19.9. The maximum Gasteiger partial charge on any atom is 0.216 e. The van der Waals surface area contributed by atoms with Gasteiger partial charge in [0.05, 0.1) is 12.8 Å². The number of carbonyl (C=O) groups is 1. The second kappa shape index (κ2) is 9.90. The molecule has 0 aliphatic rings. The van der Waals surface area contributed by atoms with E-state index in [-0.39, 0.29) is 5.91 Å². The minimum Gasteiger partial charge on any atom is -0.496 e. The number of ether oxygens (including phenoxy) is 1. The summed E-state index contributed by atoms with van der Waals surface area (Å²) >= 11 is 1.60. The van der Waals surface area contributed by atoms with Crippen LogP contribution in [0.15, 0.2) is 53.9 Å². The summed E-state index contributed by atoms with van der Waals surface area (Å²) in [5, 5.41) is 9.15. The molecule has 0 spiro atoms. The average molecular weight is 396 g/mol. The van der Waals surface area contributed by atoms with E-state index in [0.717, 1.165) is 40.5 Å². The van der Waals surface area contributed by atoms with Gasteiger partial charge in [-0.3, -0.25) is 4.79 Å². The molecule has 5 nitrogen and oxygen atoms in total. The summed E-state index contributed by atoms with van der Waals surface area (Å²) in [5.41, 5.74) is 4.44. The molecule has 0 fully saturated rings. The lowest BCUT2D eigenvalue weighted by atomic mass is 10.1. The Bertz CT molecular complexity index is 906. The minimum atomic E-state index is 0.0222. The highest BCUT2D eigenvalue weighted by Gasteiger charge is 2.07. The summed E-state index contributed by atoms with van der Waals surface area (Å²) < 4.78 is 5.39. The van der Waals surface area contributed by atoms with E-state index in [9.17, 15) is 4.79 Å². The molecule has 2 aromatic carbocycles. The minimum absolute atomic E-state index is 0.0222. The lowest BCUT2D eigenvalue weighted by molar-refractivity contribution is -0.118. The SMILES string of the molecule is COc1ccccc1CNc1nc(-c2ccc(CCCNC(C)=O)cc2)cs1. The predicted octanol–water partition coefficient (Wildman–Crippen LogP) is 4.50. The Morgan fingerprint density at radius 3 is 2.68 bits per heavy atom. The largest absolute Gasteiger partial charge is 0.496 e. The number of anilines is 1. The van der Waals surface area contributed by atoms with Crippen molar-refractivity contribution < 1.29 is 9.53 Å². The zero-order valence-electron chi connectivity index (χ0n) is 16.2. The van der Waals surface area contributed by atoms with Gasteiger partial charge in [-0.2, -0.15) is 0 Å². The van der Waals surface area contributed by atoms with E-state index in [0.29, 0.717) is 13.1 Å². The highest BCUT2D eigenvalue weighted by molar-refractivity contribution is 7.14. The first-order valence-electron chi connectivity index (χ1n) is 9.31. The Hall–Kier alpha value is -2.86. The maximum absolute atomic E-state index is 10.9. The molecule has 0 radical (unpaired) electrons. The summed E-state index contributed by atoms with van der Waals surface area (Å²) in [6.45, 7) is 2.93. The van der Waals surface area contributed by atoms with Crippen LogP contribution in [0.1, 0.15) is 24.5 Å². The van der Waals surface area contributed by atoms with Gasteiger partial charge in [0.15, 0.2) is 5.13 Å². The number of thiazole rings is 1. The average Bonchev–Trinajstić information content (AvgIpc) is 3.19. The lowest BCUT2D eigenvalue weighted by Crippen LogP contribution is -2.21. The summed E-state index contributed by atoms with van der Waals surface area (Å²) in [5.74, 6) is 0.898. The number of methoxy groups -OCH3 is 1. The van der Waals surface area contributed by atoms with Crippen LogP contribution in [0.5, 0.6) is 5.75 Å². The number of amides is 1. The Morgan fingerprint density at radius 2 is 1.93 bits per heavy atom. The van der Waals surface area contributed by atoms with Gasteiger partial charge in [0.1, 0.15) is 5.75 Å². The third kappa shape index (κ3) is 5.57. The van der Waals surface area contributed by atoms with Gasteiger partial charge >= 0.3 is 0 Å². The number of hydrogen-bond acceptors (Lipinski definition) is 5. The topological polar surface area (TPSA) is 63.2 Å². The Labute approximate surface area is 169 Å². The monoisotopic (exact) mass is 395 g/mol. The van der Waals surface area contributed by atoms with E-state index < -0.39 is 0 Å². The van der Waals surface area contributed by atoms with Crippen LogP contribution in [0.2, 0.25) is 0 Å². The molecule has 0 bridgehead atoms. The quantitative estimate of drug-likeness (QED) is 0.524. The molecule has 3 rings (SSSR count). The summed E-state index contributed by atoms with van der Waals surface area (Å²) in [6, 6.07) is 16.4. The normalized spacial score (nSPS) is 10.5. The summed E-state index contributed by atoms with van der Waals surface area (Å²) in [4.78, 5) is 15.6. The number of nitrogens with zero attached hydrogens (tertiary/aromatic N) is 1. The van der Waals surface area contributed by atoms with Crippen LogP contribution in [-0.2, 0) is 17.8 Å². The molecule has 1 heterocycles. The third-order valence-electron chi connectivity index (χ3n) is 4.39. The van der Waals surface area contributed by atoms with Gasteiger partial charge in [-0.15, -0.1) is 11.3 Å². The lowest BCUT2D eigenvalue weighted by Gasteiger charge is -2.08. The molecule has 0 saturated carbocycles. The van der Waals surface area contributed by atoms with Crippen LogP contribution in [-0.4, -0.2) is 24.5 Å². The smallest absolute Gasteiger partial charge is 0.216 e. The predicted molar refractivity (Wildman–Crippen MR) is 115 cm³/mol. The van der Waals surface area contributed by atoms with Gasteiger partial charge < -0.3 is 15.4 Å². The van der Waals surface area contributed by atoms with Crippen molar-refractivity contribution in [1.29, 1.82) is 0 Å². The van der Waals surface area contributed by atoms with Crippen LogP contribution in [0.3, 0.4) is 0 Å². The fourth-order valence-corrected chi connectivity index (χ4v) is 3.63. The molecular formula is C22H25N3O2S. The van der Waals surface area contributed by atoms with Gasteiger partial charge in [-0.05, 0) is 24.5 Å². The number of aryl methyl sites for hydroxylation is 1. The van der Waals surface area contributed by atoms with Crippen molar-refractivity contribution in [3.05, 3.63) is 65.0 Å². The van der Waals surface area contributed by atoms with Crippen molar-refractivity contribution >= 4 is 22.4 Å². The number of nitrogens with one attached hydrogen (secondary N) is 2. The van der Waals surface area contributed by atoms with Crippen molar-refractivity contribution in [2.24, 2.45) is 0 Å². The molecule has 0 aliphatic carbocycles. The molecule has 0 aliphatic heterocycles. The van der Waals surface area contributed by atoms with E-state index in [2.05, 4.69) is 40.3 Å². The Balaban J connectivity index is 1.55. The molecular weight excluding hydrogens is 370 g/mol. The van der Waals surface area contributed by atoms with Crippen LogP contribution < -0.4 is 15.4 Å². The first-order valence-corrected chi connectivity index (χ1v) is 10.2. The number of para-hydroxylation sites is 1. The summed E-state index contributed by atoms with van der Waals surface area (Å²) in [6.07, 6.45) is 1.88. The molecule has 0 unspecified atom stereocenters. The number of hydrogen-bond donors (Lipinski definition) is 2. The Morgan fingerprint density at radius 1 is 1.14 bits per heavy atom. The zero-order chi connectivity index (χ0) is 19.8.